The lowest BCUT2D eigenvalue weighted by Crippen LogP contribution is -2.32. The van der Waals surface area contributed by atoms with Crippen molar-refractivity contribution in [2.75, 3.05) is 16.2 Å². The van der Waals surface area contributed by atoms with Gasteiger partial charge in [0, 0.05) is 23.4 Å². The van der Waals surface area contributed by atoms with Crippen LogP contribution in [0.4, 0.5) is 11.4 Å². The van der Waals surface area contributed by atoms with Crippen LogP contribution in [0.1, 0.15) is 40.5 Å². The summed E-state index contributed by atoms with van der Waals surface area (Å²) in [6.07, 6.45) is 1.55. The highest BCUT2D eigenvalue weighted by Gasteiger charge is 2.25. The zero-order valence-electron chi connectivity index (χ0n) is 17.7. The molecule has 3 aromatic rings. The number of sulfonamides is 1. The first-order valence-corrected chi connectivity index (χ1v) is 11.7. The van der Waals surface area contributed by atoms with E-state index in [4.69, 9.17) is 5.73 Å². The Morgan fingerprint density at radius 3 is 2.22 bits per heavy atom. The lowest BCUT2D eigenvalue weighted by atomic mass is 10.2. The quantitative estimate of drug-likeness (QED) is 0.512. The van der Waals surface area contributed by atoms with Crippen molar-refractivity contribution in [2.24, 2.45) is 5.73 Å². The Balaban J connectivity index is 1.87. The van der Waals surface area contributed by atoms with Crippen LogP contribution in [-0.4, -0.2) is 26.8 Å². The normalized spacial score (nSPS) is 11.0. The molecule has 0 aliphatic carbocycles. The average Bonchev–Trinajstić information content (AvgIpc) is 2.80. The Kier molecular flexibility index (Phi) is 7.27. The molecule has 3 N–H and O–H groups in total. The minimum atomic E-state index is -3.87. The number of nitrogens with two attached hydrogens (primary N) is 1. The molecule has 166 valence electrons. The van der Waals surface area contributed by atoms with Crippen LogP contribution in [0.5, 0.6) is 0 Å². The van der Waals surface area contributed by atoms with Crippen LogP contribution in [0.2, 0.25) is 0 Å². The topological polar surface area (TPSA) is 110 Å². The van der Waals surface area contributed by atoms with Crippen LogP contribution in [0, 0.1) is 0 Å². The van der Waals surface area contributed by atoms with E-state index in [1.165, 1.54) is 28.6 Å². The van der Waals surface area contributed by atoms with E-state index in [1.54, 1.807) is 48.5 Å². The predicted octanol–water partition coefficient (Wildman–Crippen LogP) is 4.03. The molecule has 0 aliphatic heterocycles. The predicted molar refractivity (Wildman–Crippen MR) is 125 cm³/mol. The number of carbonyl (C=O) groups is 2. The van der Waals surface area contributed by atoms with E-state index >= 15 is 0 Å². The number of nitrogens with one attached hydrogen (secondary N) is 1. The summed E-state index contributed by atoms with van der Waals surface area (Å²) in [6.45, 7) is 2.34. The molecule has 0 radical (unpaired) electrons. The van der Waals surface area contributed by atoms with E-state index in [1.807, 2.05) is 13.0 Å². The van der Waals surface area contributed by atoms with Crippen molar-refractivity contribution >= 4 is 33.2 Å². The molecule has 3 aromatic carbocycles. The largest absolute Gasteiger partial charge is 0.366 e. The molecule has 0 saturated carbocycles. The van der Waals surface area contributed by atoms with Crippen LogP contribution in [-0.2, 0) is 10.0 Å². The third kappa shape index (κ3) is 5.33. The molecule has 8 heteroatoms. The van der Waals surface area contributed by atoms with E-state index in [-0.39, 0.29) is 10.5 Å². The number of benzene rings is 3. The first-order chi connectivity index (χ1) is 15.3. The van der Waals surface area contributed by atoms with Gasteiger partial charge in [-0.3, -0.25) is 13.9 Å². The number of unbranched alkanes of at least 4 members (excludes halogenated alkanes) is 1. The summed E-state index contributed by atoms with van der Waals surface area (Å²) in [5, 5.41) is 2.70. The van der Waals surface area contributed by atoms with Gasteiger partial charge in [-0.1, -0.05) is 37.6 Å². The number of hydrogen-bond donors (Lipinski definition) is 2. The SMILES string of the molecule is CCCCN(c1ccccc1)S(=O)(=O)c1cccc(C(=O)Nc2ccc(C(N)=O)cc2)c1. The van der Waals surface area contributed by atoms with Crippen molar-refractivity contribution in [3.05, 3.63) is 90.0 Å². The van der Waals surface area contributed by atoms with Crippen molar-refractivity contribution < 1.29 is 18.0 Å². The minimum Gasteiger partial charge on any atom is -0.366 e. The van der Waals surface area contributed by atoms with Gasteiger partial charge in [-0.25, -0.2) is 8.42 Å². The van der Waals surface area contributed by atoms with Crippen LogP contribution in [0.3, 0.4) is 0 Å². The monoisotopic (exact) mass is 451 g/mol. The first-order valence-electron chi connectivity index (χ1n) is 10.2. The lowest BCUT2D eigenvalue weighted by Gasteiger charge is -2.24. The van der Waals surface area contributed by atoms with Crippen LogP contribution in [0.25, 0.3) is 0 Å². The second-order valence-electron chi connectivity index (χ2n) is 7.19. The maximum absolute atomic E-state index is 13.4. The number of hydrogen-bond acceptors (Lipinski definition) is 4. The van der Waals surface area contributed by atoms with Crippen LogP contribution < -0.4 is 15.4 Å². The van der Waals surface area contributed by atoms with E-state index < -0.39 is 21.8 Å². The first kappa shape index (κ1) is 23.0. The third-order valence-corrected chi connectivity index (χ3v) is 6.69. The van der Waals surface area contributed by atoms with Gasteiger partial charge in [0.25, 0.3) is 15.9 Å². The summed E-state index contributed by atoms with van der Waals surface area (Å²) < 4.78 is 28.2. The van der Waals surface area contributed by atoms with Gasteiger partial charge in [-0.2, -0.15) is 0 Å². The second kappa shape index (κ2) is 10.1. The highest BCUT2D eigenvalue weighted by Crippen LogP contribution is 2.25. The van der Waals surface area contributed by atoms with Crippen LogP contribution >= 0.6 is 0 Å². The van der Waals surface area contributed by atoms with Gasteiger partial charge in [-0.15, -0.1) is 0 Å². The molecule has 3 rings (SSSR count). The van der Waals surface area contributed by atoms with Gasteiger partial charge in [0.05, 0.1) is 10.6 Å². The van der Waals surface area contributed by atoms with E-state index in [0.717, 1.165) is 6.42 Å². The molecular formula is C24H25N3O4S. The fourth-order valence-electron chi connectivity index (χ4n) is 3.13. The number of rotatable bonds is 9. The molecule has 32 heavy (non-hydrogen) atoms. The molecule has 0 bridgehead atoms. The number of nitrogens with zero attached hydrogens (tertiary/aromatic N) is 1. The Labute approximate surface area is 187 Å². The van der Waals surface area contributed by atoms with Gasteiger partial charge in [-0.05, 0) is 61.0 Å². The maximum atomic E-state index is 13.4. The van der Waals surface area contributed by atoms with Crippen LogP contribution in [0.15, 0.2) is 83.8 Å². The number of amides is 2. The highest BCUT2D eigenvalue weighted by molar-refractivity contribution is 7.92. The summed E-state index contributed by atoms with van der Waals surface area (Å²) in [6, 6.07) is 21.0. The van der Waals surface area contributed by atoms with Crippen molar-refractivity contribution in [1.82, 2.24) is 0 Å². The number of para-hydroxylation sites is 1. The van der Waals surface area contributed by atoms with E-state index in [2.05, 4.69) is 5.32 Å². The lowest BCUT2D eigenvalue weighted by molar-refractivity contribution is 0.0998. The number of primary amides is 1. The molecule has 0 saturated heterocycles. The van der Waals surface area contributed by atoms with Gasteiger partial charge in [0.15, 0.2) is 0 Å². The molecule has 0 atom stereocenters. The zero-order chi connectivity index (χ0) is 23.1. The molecule has 0 unspecified atom stereocenters. The Morgan fingerprint density at radius 2 is 1.59 bits per heavy atom. The molecule has 2 amide bonds. The molecule has 0 aliphatic rings. The smallest absolute Gasteiger partial charge is 0.264 e. The van der Waals surface area contributed by atoms with Gasteiger partial charge in [0.1, 0.15) is 0 Å². The highest BCUT2D eigenvalue weighted by atomic mass is 32.2. The summed E-state index contributed by atoms with van der Waals surface area (Å²) in [7, 11) is -3.87. The molecular weight excluding hydrogens is 426 g/mol. The number of carbonyl (C=O) groups excluding carboxylic acids is 2. The van der Waals surface area contributed by atoms with E-state index in [0.29, 0.717) is 29.9 Å². The van der Waals surface area contributed by atoms with Crippen molar-refractivity contribution in [1.29, 1.82) is 0 Å². The Morgan fingerprint density at radius 1 is 0.906 bits per heavy atom. The summed E-state index contributed by atoms with van der Waals surface area (Å²) in [5.74, 6) is -1.03. The summed E-state index contributed by atoms with van der Waals surface area (Å²) in [5.41, 5.74) is 6.78. The van der Waals surface area contributed by atoms with Gasteiger partial charge < -0.3 is 11.1 Å². The van der Waals surface area contributed by atoms with E-state index in [9.17, 15) is 18.0 Å². The maximum Gasteiger partial charge on any atom is 0.264 e. The van der Waals surface area contributed by atoms with Crippen molar-refractivity contribution in [3.8, 4) is 0 Å². The fourth-order valence-corrected chi connectivity index (χ4v) is 4.68. The van der Waals surface area contributed by atoms with Gasteiger partial charge in [0.2, 0.25) is 5.91 Å². The van der Waals surface area contributed by atoms with Crippen molar-refractivity contribution in [3.63, 3.8) is 0 Å². The Hall–Kier alpha value is -3.65. The molecule has 0 heterocycles. The van der Waals surface area contributed by atoms with Gasteiger partial charge >= 0.3 is 0 Å². The molecule has 0 spiro atoms. The minimum absolute atomic E-state index is 0.0363. The third-order valence-electron chi connectivity index (χ3n) is 4.87. The summed E-state index contributed by atoms with van der Waals surface area (Å²) >= 11 is 0. The zero-order valence-corrected chi connectivity index (χ0v) is 18.5. The average molecular weight is 452 g/mol. The van der Waals surface area contributed by atoms with Crippen molar-refractivity contribution in [2.45, 2.75) is 24.7 Å². The Bertz CT molecular complexity index is 1190. The molecule has 7 nitrogen and oxygen atoms in total. The fraction of sp³-hybridized carbons (Fsp3) is 0.167. The second-order valence-corrected chi connectivity index (χ2v) is 9.05. The number of anilines is 2. The standard InChI is InChI=1S/C24H25N3O4S/c1-2-3-16-27(21-9-5-4-6-10-21)32(30,31)22-11-7-8-19(17-22)24(29)26-20-14-12-18(13-15-20)23(25)28/h4-15,17H,2-3,16H2,1H3,(H2,25,28)(H,26,29). The summed E-state index contributed by atoms with van der Waals surface area (Å²) in [4.78, 5) is 23.9. The molecule has 0 fully saturated rings. The molecule has 0 aromatic heterocycles.